The van der Waals surface area contributed by atoms with Gasteiger partial charge in [0.15, 0.2) is 0 Å². The van der Waals surface area contributed by atoms with Gasteiger partial charge < -0.3 is 5.11 Å². The lowest BCUT2D eigenvalue weighted by molar-refractivity contribution is 0.323. The summed E-state index contributed by atoms with van der Waals surface area (Å²) in [5.41, 5.74) is 0. The molecule has 0 aromatic carbocycles. The first kappa shape index (κ1) is 8.72. The van der Waals surface area contributed by atoms with Crippen LogP contribution >= 0.6 is 21.6 Å². The van der Waals surface area contributed by atoms with Gasteiger partial charge in [-0.2, -0.15) is 0 Å². The van der Waals surface area contributed by atoms with Gasteiger partial charge in [0.1, 0.15) is 7.85 Å². The van der Waals surface area contributed by atoms with Crippen LogP contribution in [0.2, 0.25) is 6.32 Å². The van der Waals surface area contributed by atoms with Crippen molar-refractivity contribution < 1.29 is 5.11 Å². The van der Waals surface area contributed by atoms with E-state index in [-0.39, 0.29) is 0 Å². The molecule has 8 heavy (non-hydrogen) atoms. The van der Waals surface area contributed by atoms with Crippen molar-refractivity contribution in [1.29, 1.82) is 0 Å². The minimum atomic E-state index is 0.307. The van der Waals surface area contributed by atoms with E-state index < -0.39 is 0 Å². The Balaban J connectivity index is 2.53. The highest BCUT2D eigenvalue weighted by Gasteiger charge is 1.84. The molecule has 0 fully saturated rings. The molecule has 4 heteroatoms. The van der Waals surface area contributed by atoms with E-state index in [2.05, 4.69) is 7.85 Å². The number of aliphatic hydroxyl groups is 1. The zero-order chi connectivity index (χ0) is 6.24. The normalized spacial score (nSPS) is 9.62. The predicted octanol–water partition coefficient (Wildman–Crippen LogP) is 0.411. The summed E-state index contributed by atoms with van der Waals surface area (Å²) in [5.74, 6) is 2.06. The van der Waals surface area contributed by atoms with Crippen LogP contribution in [0.25, 0.3) is 0 Å². The predicted molar refractivity (Wildman–Crippen MR) is 45.4 cm³/mol. The molecule has 0 radical (unpaired) electrons. The fourth-order valence-electron chi connectivity index (χ4n) is 0.238. The van der Waals surface area contributed by atoms with Crippen LogP contribution < -0.4 is 0 Å². The first-order valence-corrected chi connectivity index (χ1v) is 5.26. The van der Waals surface area contributed by atoms with E-state index in [4.69, 9.17) is 5.11 Å². The smallest absolute Gasteiger partial charge is 0.102 e. The van der Waals surface area contributed by atoms with Crippen molar-refractivity contribution in [3.8, 4) is 0 Å². The lowest BCUT2D eigenvalue weighted by Gasteiger charge is -1.93. The number of hydrogen-bond acceptors (Lipinski definition) is 3. The first-order chi connectivity index (χ1) is 3.91. The summed E-state index contributed by atoms with van der Waals surface area (Å²) in [6, 6.07) is 0. The lowest BCUT2D eigenvalue weighted by Crippen LogP contribution is -1.82. The van der Waals surface area contributed by atoms with Gasteiger partial charge in [0.25, 0.3) is 0 Å². The fourth-order valence-corrected chi connectivity index (χ4v) is 2.15. The maximum absolute atomic E-state index is 8.33. The SMILES string of the molecule is BCCSSCCO. The second-order valence-corrected chi connectivity index (χ2v) is 4.07. The third-order valence-electron chi connectivity index (χ3n) is 0.545. The molecule has 0 rings (SSSR count). The van der Waals surface area contributed by atoms with Gasteiger partial charge in [0.05, 0.1) is 6.61 Å². The molecule has 0 spiro atoms. The van der Waals surface area contributed by atoms with Crippen LogP contribution in [0.15, 0.2) is 0 Å². The quantitative estimate of drug-likeness (QED) is 0.348. The van der Waals surface area contributed by atoms with Crippen LogP contribution in [-0.2, 0) is 0 Å². The minimum absolute atomic E-state index is 0.307. The molecule has 0 aliphatic heterocycles. The van der Waals surface area contributed by atoms with Crippen molar-refractivity contribution in [1.82, 2.24) is 0 Å². The summed E-state index contributed by atoms with van der Waals surface area (Å²) in [6.45, 7) is 0.307. The Morgan fingerprint density at radius 1 is 1.25 bits per heavy atom. The standard InChI is InChI=1S/C4H11BOS2/c5-1-3-7-8-4-2-6/h6H,1-5H2. The molecule has 0 unspecified atom stereocenters. The van der Waals surface area contributed by atoms with Crippen LogP contribution in [0.3, 0.4) is 0 Å². The Hall–Kier alpha value is 0.725. The zero-order valence-corrected chi connectivity index (χ0v) is 6.73. The van der Waals surface area contributed by atoms with E-state index in [1.165, 1.54) is 12.1 Å². The second-order valence-electron chi connectivity index (χ2n) is 1.37. The van der Waals surface area contributed by atoms with Crippen LogP contribution in [0.4, 0.5) is 0 Å². The first-order valence-electron chi connectivity index (χ1n) is 2.77. The summed E-state index contributed by atoms with van der Waals surface area (Å²) in [4.78, 5) is 0. The maximum atomic E-state index is 8.33. The number of rotatable bonds is 5. The van der Waals surface area contributed by atoms with Crippen molar-refractivity contribution in [2.24, 2.45) is 0 Å². The molecule has 0 saturated heterocycles. The van der Waals surface area contributed by atoms with Gasteiger partial charge in [-0.25, -0.2) is 0 Å². The largest absolute Gasteiger partial charge is 0.395 e. The van der Waals surface area contributed by atoms with Crippen molar-refractivity contribution in [2.45, 2.75) is 6.32 Å². The molecule has 0 saturated carbocycles. The summed E-state index contributed by atoms with van der Waals surface area (Å²) in [7, 11) is 5.74. The average Bonchev–Trinajstić information content (AvgIpc) is 1.81. The van der Waals surface area contributed by atoms with E-state index >= 15 is 0 Å². The highest BCUT2D eigenvalue weighted by molar-refractivity contribution is 8.76. The highest BCUT2D eigenvalue weighted by atomic mass is 33.1. The number of hydrogen-bond donors (Lipinski definition) is 1. The van der Waals surface area contributed by atoms with Crippen LogP contribution in [0.1, 0.15) is 0 Å². The molecule has 0 atom stereocenters. The van der Waals surface area contributed by atoms with Crippen LogP contribution in [-0.4, -0.2) is 31.1 Å². The van der Waals surface area contributed by atoms with Crippen LogP contribution in [0, 0.1) is 0 Å². The molecule has 0 aromatic heterocycles. The summed E-state index contributed by atoms with van der Waals surface area (Å²) in [5, 5.41) is 8.33. The van der Waals surface area contributed by atoms with Gasteiger partial charge in [-0.05, 0) is 5.75 Å². The molecular formula is C4H11BOS2. The molecule has 48 valence electrons. The van der Waals surface area contributed by atoms with Crippen molar-refractivity contribution in [3.63, 3.8) is 0 Å². The molecule has 0 amide bonds. The Morgan fingerprint density at radius 2 is 1.88 bits per heavy atom. The Kier molecular flexibility index (Phi) is 8.42. The summed E-state index contributed by atoms with van der Waals surface area (Å²) in [6.07, 6.45) is 1.23. The van der Waals surface area contributed by atoms with Gasteiger partial charge >= 0.3 is 0 Å². The van der Waals surface area contributed by atoms with E-state index in [1.807, 2.05) is 10.8 Å². The molecule has 0 aliphatic carbocycles. The zero-order valence-electron chi connectivity index (χ0n) is 5.09. The fraction of sp³-hybridized carbons (Fsp3) is 1.00. The third kappa shape index (κ3) is 6.72. The maximum Gasteiger partial charge on any atom is 0.102 e. The topological polar surface area (TPSA) is 20.2 Å². The second kappa shape index (κ2) is 7.72. The van der Waals surface area contributed by atoms with E-state index in [0.717, 1.165) is 5.75 Å². The van der Waals surface area contributed by atoms with Crippen molar-refractivity contribution in [2.75, 3.05) is 18.1 Å². The molecular weight excluding hydrogens is 139 g/mol. The van der Waals surface area contributed by atoms with E-state index in [1.54, 1.807) is 10.8 Å². The number of aliphatic hydroxyl groups excluding tert-OH is 1. The summed E-state index contributed by atoms with van der Waals surface area (Å²) >= 11 is 0. The van der Waals surface area contributed by atoms with Crippen molar-refractivity contribution in [3.05, 3.63) is 0 Å². The third-order valence-corrected chi connectivity index (χ3v) is 3.14. The molecule has 0 bridgehead atoms. The molecule has 0 heterocycles. The average molecular weight is 150 g/mol. The Labute approximate surface area is 59.4 Å². The van der Waals surface area contributed by atoms with Gasteiger partial charge in [0.2, 0.25) is 0 Å². The molecule has 1 nitrogen and oxygen atoms in total. The summed E-state index contributed by atoms with van der Waals surface area (Å²) < 4.78 is 0. The van der Waals surface area contributed by atoms with Gasteiger partial charge in [0, 0.05) is 5.75 Å². The van der Waals surface area contributed by atoms with Gasteiger partial charge in [-0.3, -0.25) is 0 Å². The molecule has 0 aromatic rings. The van der Waals surface area contributed by atoms with Crippen LogP contribution in [0.5, 0.6) is 0 Å². The molecule has 0 aliphatic rings. The molecule has 1 N–H and O–H groups in total. The van der Waals surface area contributed by atoms with Gasteiger partial charge in [-0.15, -0.1) is 0 Å². The Morgan fingerprint density at radius 3 is 2.38 bits per heavy atom. The minimum Gasteiger partial charge on any atom is -0.395 e. The van der Waals surface area contributed by atoms with Crippen molar-refractivity contribution >= 4 is 29.4 Å². The monoisotopic (exact) mass is 150 g/mol. The Bertz CT molecular complexity index is 39.0. The van der Waals surface area contributed by atoms with E-state index in [9.17, 15) is 0 Å². The van der Waals surface area contributed by atoms with Gasteiger partial charge in [-0.1, -0.05) is 27.9 Å². The lowest BCUT2D eigenvalue weighted by atomic mass is 10.1. The van der Waals surface area contributed by atoms with E-state index in [0.29, 0.717) is 6.61 Å². The highest BCUT2D eigenvalue weighted by Crippen LogP contribution is 2.20.